The van der Waals surface area contributed by atoms with Gasteiger partial charge in [0.05, 0.1) is 11.3 Å². The number of carbonyl (C=O) groups is 2. The van der Waals surface area contributed by atoms with E-state index in [4.69, 9.17) is 5.11 Å². The number of aromatic amines is 1. The van der Waals surface area contributed by atoms with Gasteiger partial charge in [0.25, 0.3) is 5.91 Å². The third kappa shape index (κ3) is 3.91. The number of hydrogen-bond acceptors (Lipinski definition) is 4. The van der Waals surface area contributed by atoms with Gasteiger partial charge in [0.2, 0.25) is 0 Å². The number of nitrogens with zero attached hydrogens (tertiary/aromatic N) is 2. The fourth-order valence-electron chi connectivity index (χ4n) is 4.45. The molecule has 174 valence electrons. The first-order valence-corrected chi connectivity index (χ1v) is 11.3. The number of benzene rings is 2. The summed E-state index contributed by atoms with van der Waals surface area (Å²) in [4.78, 5) is 35.5. The van der Waals surface area contributed by atoms with Crippen molar-refractivity contribution in [3.8, 4) is 22.4 Å². The Kier molecular flexibility index (Phi) is 5.53. The van der Waals surface area contributed by atoms with Gasteiger partial charge in [-0.2, -0.15) is 0 Å². The number of aromatic nitrogens is 3. The van der Waals surface area contributed by atoms with Crippen molar-refractivity contribution in [2.75, 3.05) is 7.05 Å². The number of aromatic carboxylic acids is 1. The van der Waals surface area contributed by atoms with Crippen LogP contribution in [0.5, 0.6) is 0 Å². The number of hydrogen-bond donors (Lipinski definition) is 3. The largest absolute Gasteiger partial charge is 0.477 e. The molecule has 7 nitrogen and oxygen atoms in total. The van der Waals surface area contributed by atoms with Gasteiger partial charge in [0, 0.05) is 47.5 Å². The number of carboxylic acid groups (broad SMARTS) is 1. The van der Waals surface area contributed by atoms with Crippen LogP contribution in [0.15, 0.2) is 67.1 Å². The second-order valence-corrected chi connectivity index (χ2v) is 8.76. The van der Waals surface area contributed by atoms with E-state index in [0.29, 0.717) is 11.3 Å². The van der Waals surface area contributed by atoms with Crippen LogP contribution in [0, 0.1) is 0 Å². The predicted molar refractivity (Wildman–Crippen MR) is 137 cm³/mol. The van der Waals surface area contributed by atoms with Gasteiger partial charge in [-0.1, -0.05) is 32.0 Å². The van der Waals surface area contributed by atoms with Crippen LogP contribution >= 0.6 is 0 Å². The minimum Gasteiger partial charge on any atom is -0.477 e. The summed E-state index contributed by atoms with van der Waals surface area (Å²) < 4.78 is 0. The molecule has 3 N–H and O–H groups in total. The summed E-state index contributed by atoms with van der Waals surface area (Å²) in [5, 5.41) is 14.7. The van der Waals surface area contributed by atoms with Crippen molar-refractivity contribution in [2.24, 2.45) is 0 Å². The highest BCUT2D eigenvalue weighted by Crippen LogP contribution is 2.36. The Morgan fingerprint density at radius 3 is 2.49 bits per heavy atom. The maximum Gasteiger partial charge on any atom is 0.354 e. The van der Waals surface area contributed by atoms with E-state index in [1.165, 1.54) is 12.3 Å². The van der Waals surface area contributed by atoms with Crippen molar-refractivity contribution in [1.29, 1.82) is 0 Å². The Balaban J connectivity index is 1.66. The Hall–Kier alpha value is -4.52. The molecule has 0 bridgehead atoms. The van der Waals surface area contributed by atoms with Gasteiger partial charge < -0.3 is 15.4 Å². The number of rotatable bonds is 5. The summed E-state index contributed by atoms with van der Waals surface area (Å²) in [6, 6.07) is 15.5. The lowest BCUT2D eigenvalue weighted by molar-refractivity contribution is 0.0690. The molecule has 0 fully saturated rings. The summed E-state index contributed by atoms with van der Waals surface area (Å²) in [7, 11) is 1.63. The molecule has 5 rings (SSSR count). The smallest absolute Gasteiger partial charge is 0.354 e. The SMILES string of the molecule is CNC(=O)c1c[nH]c2c(C(C)C)cc(-c3cccc4cc(-c5ccc(C(=O)O)nc5)ncc34)cc12. The van der Waals surface area contributed by atoms with Gasteiger partial charge in [-0.25, -0.2) is 9.78 Å². The first-order valence-electron chi connectivity index (χ1n) is 11.3. The van der Waals surface area contributed by atoms with Gasteiger partial charge in [-0.05, 0) is 58.3 Å². The van der Waals surface area contributed by atoms with Gasteiger partial charge in [0.15, 0.2) is 0 Å². The van der Waals surface area contributed by atoms with E-state index in [1.54, 1.807) is 19.3 Å². The summed E-state index contributed by atoms with van der Waals surface area (Å²) in [6.07, 6.45) is 5.12. The molecule has 0 aliphatic rings. The maximum absolute atomic E-state index is 12.5. The lowest BCUT2D eigenvalue weighted by atomic mass is 9.91. The molecular formula is C28H24N4O3. The normalized spacial score (nSPS) is 11.3. The zero-order valence-corrected chi connectivity index (χ0v) is 19.6. The summed E-state index contributed by atoms with van der Waals surface area (Å²) in [5.74, 6) is -0.933. The van der Waals surface area contributed by atoms with Crippen LogP contribution in [0.4, 0.5) is 0 Å². The number of fused-ring (bicyclic) bond motifs is 2. The van der Waals surface area contributed by atoms with E-state index in [2.05, 4.69) is 52.3 Å². The minimum absolute atomic E-state index is 0.00550. The molecular weight excluding hydrogens is 440 g/mol. The minimum atomic E-state index is -1.06. The third-order valence-electron chi connectivity index (χ3n) is 6.27. The van der Waals surface area contributed by atoms with E-state index in [0.717, 1.165) is 43.9 Å². The molecule has 0 spiro atoms. The first-order chi connectivity index (χ1) is 16.9. The molecule has 0 aliphatic heterocycles. The van der Waals surface area contributed by atoms with Crippen molar-refractivity contribution >= 4 is 33.6 Å². The molecule has 0 radical (unpaired) electrons. The second kappa shape index (κ2) is 8.68. The Labute approximate surface area is 201 Å². The van der Waals surface area contributed by atoms with Crippen molar-refractivity contribution in [3.05, 3.63) is 83.9 Å². The van der Waals surface area contributed by atoms with Crippen LogP contribution in [-0.4, -0.2) is 39.0 Å². The van der Waals surface area contributed by atoms with E-state index in [-0.39, 0.29) is 17.5 Å². The second-order valence-electron chi connectivity index (χ2n) is 8.76. The number of H-pyrrole nitrogens is 1. The Morgan fingerprint density at radius 1 is 0.971 bits per heavy atom. The number of nitrogens with one attached hydrogen (secondary N) is 2. The van der Waals surface area contributed by atoms with E-state index in [9.17, 15) is 9.59 Å². The number of pyridine rings is 2. The molecule has 35 heavy (non-hydrogen) atoms. The number of carboxylic acids is 1. The van der Waals surface area contributed by atoms with Crippen molar-refractivity contribution < 1.29 is 14.7 Å². The topological polar surface area (TPSA) is 108 Å². The molecule has 0 aliphatic carbocycles. The van der Waals surface area contributed by atoms with Crippen molar-refractivity contribution in [3.63, 3.8) is 0 Å². The standard InChI is InChI=1S/C28H24N4O3/c1-15(2)20-9-18(10-21-23(27(33)29-3)14-32-26(20)21)19-6-4-5-16-11-25(31-13-22(16)19)17-7-8-24(28(34)35)30-12-17/h4-15,32H,1-3H3,(H,29,33)(H,34,35). The van der Waals surface area contributed by atoms with E-state index in [1.807, 2.05) is 24.4 Å². The predicted octanol–water partition coefficient (Wildman–Crippen LogP) is 5.63. The van der Waals surface area contributed by atoms with Crippen LogP contribution in [0.1, 0.15) is 46.2 Å². The molecule has 0 unspecified atom stereocenters. The summed E-state index contributed by atoms with van der Waals surface area (Å²) >= 11 is 0. The number of carbonyl (C=O) groups excluding carboxylic acids is 1. The van der Waals surface area contributed by atoms with E-state index < -0.39 is 5.97 Å². The fraction of sp³-hybridized carbons (Fsp3) is 0.143. The molecule has 0 saturated heterocycles. The van der Waals surface area contributed by atoms with E-state index >= 15 is 0 Å². The zero-order valence-electron chi connectivity index (χ0n) is 19.6. The first kappa shape index (κ1) is 22.3. The van der Waals surface area contributed by atoms with Crippen LogP contribution in [-0.2, 0) is 0 Å². The highest BCUT2D eigenvalue weighted by atomic mass is 16.4. The van der Waals surface area contributed by atoms with Crippen LogP contribution in [0.2, 0.25) is 0 Å². The van der Waals surface area contributed by atoms with Gasteiger partial charge in [-0.15, -0.1) is 0 Å². The summed E-state index contributed by atoms with van der Waals surface area (Å²) in [6.45, 7) is 4.28. The van der Waals surface area contributed by atoms with Gasteiger partial charge >= 0.3 is 5.97 Å². The molecule has 5 aromatic rings. The Morgan fingerprint density at radius 2 is 1.80 bits per heavy atom. The zero-order chi connectivity index (χ0) is 24.7. The van der Waals surface area contributed by atoms with Crippen molar-refractivity contribution in [1.82, 2.24) is 20.3 Å². The highest BCUT2D eigenvalue weighted by molar-refractivity contribution is 6.09. The fourth-order valence-corrected chi connectivity index (χ4v) is 4.45. The Bertz CT molecular complexity index is 1600. The van der Waals surface area contributed by atoms with Crippen molar-refractivity contribution in [2.45, 2.75) is 19.8 Å². The third-order valence-corrected chi connectivity index (χ3v) is 6.27. The lowest BCUT2D eigenvalue weighted by Crippen LogP contribution is -2.17. The molecule has 2 aromatic carbocycles. The van der Waals surface area contributed by atoms with Crippen LogP contribution < -0.4 is 5.32 Å². The lowest BCUT2D eigenvalue weighted by Gasteiger charge is -2.14. The summed E-state index contributed by atoms with van der Waals surface area (Å²) in [5.41, 5.74) is 6.21. The highest BCUT2D eigenvalue weighted by Gasteiger charge is 2.17. The van der Waals surface area contributed by atoms with Gasteiger partial charge in [0.1, 0.15) is 5.69 Å². The molecule has 7 heteroatoms. The van der Waals surface area contributed by atoms with Crippen LogP contribution in [0.3, 0.4) is 0 Å². The average molecular weight is 465 g/mol. The number of amides is 1. The van der Waals surface area contributed by atoms with Gasteiger partial charge in [-0.3, -0.25) is 9.78 Å². The molecule has 3 aromatic heterocycles. The molecule has 3 heterocycles. The average Bonchev–Trinajstić information content (AvgIpc) is 3.31. The molecule has 0 atom stereocenters. The maximum atomic E-state index is 12.5. The molecule has 0 saturated carbocycles. The molecule has 1 amide bonds. The quantitative estimate of drug-likeness (QED) is 0.313. The monoisotopic (exact) mass is 464 g/mol. The van der Waals surface area contributed by atoms with Crippen LogP contribution in [0.25, 0.3) is 44.1 Å².